The van der Waals surface area contributed by atoms with E-state index >= 15 is 0 Å². The van der Waals surface area contributed by atoms with Crippen LogP contribution in [-0.2, 0) is 52.6 Å². The zero-order chi connectivity index (χ0) is 86.4. The number of nitro groups is 1. The average molecular weight is 1670 g/mol. The summed E-state index contributed by atoms with van der Waals surface area (Å²) in [5.74, 6) is -6.68. The van der Waals surface area contributed by atoms with Gasteiger partial charge < -0.3 is 57.9 Å². The lowest BCUT2D eigenvalue weighted by molar-refractivity contribution is -0.384. The Kier molecular flexibility index (Phi) is 29.1. The topological polar surface area (TPSA) is 343 Å². The first-order valence-corrected chi connectivity index (χ1v) is 38.5. The Morgan fingerprint density at radius 2 is 0.939 bits per heavy atom. The average Bonchev–Trinajstić information content (AvgIpc) is 1.59. The molecule has 5 aromatic rings. The molecule has 0 unspecified atom stereocenters. The summed E-state index contributed by atoms with van der Waals surface area (Å²) in [6.07, 6.45) is -11.7. The van der Waals surface area contributed by atoms with E-state index in [1.54, 1.807) is 90.9 Å². The normalized spacial score (nSPS) is 21.4. The van der Waals surface area contributed by atoms with Crippen molar-refractivity contribution in [1.82, 2.24) is 19.8 Å². The summed E-state index contributed by atoms with van der Waals surface area (Å²) in [6.45, 7) is 26.7. The van der Waals surface area contributed by atoms with Crippen LogP contribution < -0.4 is 23.7 Å². The number of Topliss-reactive ketones (excluding diaryl/α,β-unsaturated/α-hetero) is 2. The molecule has 2 saturated heterocycles. The van der Waals surface area contributed by atoms with Gasteiger partial charge in [0.1, 0.15) is 35.1 Å². The van der Waals surface area contributed by atoms with Crippen LogP contribution in [0.25, 0.3) is 21.8 Å². The number of hydrogen-bond acceptors (Lipinski definition) is 21. The molecule has 115 heavy (non-hydrogen) atoms. The minimum Gasteiger partial charge on any atom is -0.488 e. The molecule has 2 amide bonds. The first kappa shape index (κ1) is 92.8. The first-order valence-electron chi connectivity index (χ1n) is 37.7. The first-order chi connectivity index (χ1) is 53.1. The minimum absolute atomic E-state index is 0.00777. The number of aromatic nitrogens is 2. The third-order valence-corrected chi connectivity index (χ3v) is 21.5. The lowest BCUT2D eigenvalue weighted by Crippen LogP contribution is -2.49. The number of carbonyl (C=O) groups is 9. The van der Waals surface area contributed by atoms with Crippen LogP contribution in [0, 0.1) is 55.4 Å². The fourth-order valence-corrected chi connectivity index (χ4v) is 14.5. The highest BCUT2D eigenvalue weighted by atomic mass is 35.5. The predicted octanol–water partition coefficient (Wildman–Crippen LogP) is 17.0. The van der Waals surface area contributed by atoms with Gasteiger partial charge in [0.05, 0.1) is 99.9 Å². The molecule has 9 rings (SSSR count). The summed E-state index contributed by atoms with van der Waals surface area (Å²) in [7, 11) is 0. The van der Waals surface area contributed by atoms with Crippen molar-refractivity contribution in [2.24, 2.45) is 45.3 Å². The SMILES string of the molecule is CC(C)(OC(=O)Oc1ccc([N+](=O)[O-])cc1)C(F)(F)F.CCOc1cc(O[C@@H]2C[C@@H](C(=O)C[C@]3(C(=O)O)C[C@H]3CC)N(C(=O)[C@@H](CC(=O)OC(C)(C)C(F)(F)F)C(C)(C)C)C2)c2cccc(Cl)c2n1.CCOc1cc(O[C@@H]2C[C@@H](C(=O)C[C@]3(C(=O)O)C[C@H]3CC)N(C(=O)[C@@H](CC(=O)OC(C)(C)C)C(C)(C)C)C2)c2cccc(Cl)c2n1. The number of non-ortho nitro benzene ring substituents is 1. The molecular weight excluding hydrogens is 1560 g/mol. The smallest absolute Gasteiger partial charge is 0.488 e. The summed E-state index contributed by atoms with van der Waals surface area (Å²) in [5, 5.41) is 32.5. The Bertz CT molecular complexity index is 4450. The summed E-state index contributed by atoms with van der Waals surface area (Å²) in [6, 6.07) is 15.9. The fraction of sp³-hybridized carbons (Fsp3) is 0.593. The van der Waals surface area contributed by atoms with Crippen molar-refractivity contribution < 1.29 is 123 Å². The molecule has 0 spiro atoms. The number of para-hydroxylation sites is 2. The van der Waals surface area contributed by atoms with Gasteiger partial charge in [-0.2, -0.15) is 26.3 Å². The van der Waals surface area contributed by atoms with Gasteiger partial charge in [-0.3, -0.25) is 48.5 Å². The van der Waals surface area contributed by atoms with E-state index in [4.69, 9.17) is 51.6 Å². The van der Waals surface area contributed by atoms with Crippen LogP contribution in [-0.4, -0.2) is 168 Å². The van der Waals surface area contributed by atoms with Gasteiger partial charge in [0.25, 0.3) is 5.69 Å². The second-order valence-corrected chi connectivity index (χ2v) is 34.2. The molecule has 34 heteroatoms. The maximum atomic E-state index is 14.4. The number of carboxylic acids is 2. The van der Waals surface area contributed by atoms with Crippen molar-refractivity contribution in [2.45, 2.75) is 235 Å². The minimum atomic E-state index is -4.84. The standard InChI is InChI=1S/C35H44ClF3N2O8.C35H47ClN2O8.C11H10F3NO5/c1-8-19-16-34(19,31(45)46)17-25(42)24-13-20(48-26-15-27(47-9-2)40-29-21(26)11-10-12-23(29)36)18-41(24)30(44)22(32(3,4)5)14-28(43)49-33(6,7)35(37,38)39;1-9-20-17-35(20,32(42)43)18-26(39)25-14-21(45-27-16-28(44-10-2)37-30-22(27)12-11-13-24(30)36)19-38(25)31(41)23(33(3,4)5)15-29(40)46-34(6,7)8;1-10(2,11(12,13)14)20-9(16)19-8-5-3-7(4-6-8)15(17)18/h10-12,15,19-20,22,24H,8-9,13-14,16-18H2,1-7H3,(H,45,46);11-13,16,20-21,23,25H,9-10,14-15,17-19H2,1-8H3,(H,42,43);3-6H,1-2H3/t19-,20-,22-,24+,34-;20-,21-,23-,25+,35-;/m11./s1. The molecule has 632 valence electrons. The molecule has 4 fully saturated rings. The van der Waals surface area contributed by atoms with E-state index in [9.17, 15) is 89.8 Å². The van der Waals surface area contributed by atoms with Crippen molar-refractivity contribution in [3.8, 4) is 29.0 Å². The van der Waals surface area contributed by atoms with Crippen LogP contribution in [0.5, 0.6) is 29.0 Å². The summed E-state index contributed by atoms with van der Waals surface area (Å²) < 4.78 is 121. The number of fused-ring (bicyclic) bond motifs is 2. The molecule has 3 aromatic carbocycles. The lowest BCUT2D eigenvalue weighted by Gasteiger charge is -2.35. The second kappa shape index (κ2) is 36.0. The van der Waals surface area contributed by atoms with E-state index in [2.05, 4.69) is 19.4 Å². The van der Waals surface area contributed by atoms with E-state index in [0.29, 0.717) is 102 Å². The van der Waals surface area contributed by atoms with Gasteiger partial charge in [0.15, 0.2) is 11.6 Å². The Balaban J connectivity index is 0.000000258. The number of benzene rings is 3. The van der Waals surface area contributed by atoms with Crippen LogP contribution in [0.15, 0.2) is 72.8 Å². The number of likely N-dealkylation sites (tertiary alicyclic amines) is 2. The van der Waals surface area contributed by atoms with E-state index in [0.717, 1.165) is 38.1 Å². The Hall–Kier alpha value is -9.33. The predicted molar refractivity (Wildman–Crippen MR) is 409 cm³/mol. The molecule has 2 saturated carbocycles. The molecule has 4 aliphatic rings. The van der Waals surface area contributed by atoms with Gasteiger partial charge in [-0.1, -0.05) is 104 Å². The van der Waals surface area contributed by atoms with Gasteiger partial charge in [0.2, 0.25) is 34.8 Å². The number of alkyl halides is 6. The Morgan fingerprint density at radius 1 is 0.565 bits per heavy atom. The van der Waals surface area contributed by atoms with Crippen molar-refractivity contribution in [3.63, 3.8) is 0 Å². The van der Waals surface area contributed by atoms with Crippen LogP contribution in [0.2, 0.25) is 10.0 Å². The van der Waals surface area contributed by atoms with E-state index < -0.39 is 140 Å². The quantitative estimate of drug-likeness (QED) is 0.0117. The summed E-state index contributed by atoms with van der Waals surface area (Å²) in [5.41, 5.74) is -9.50. The number of nitro benzene ring substituents is 1. The molecule has 26 nitrogen and oxygen atoms in total. The van der Waals surface area contributed by atoms with Crippen LogP contribution in [0.4, 0.5) is 36.8 Å². The van der Waals surface area contributed by atoms with Crippen molar-refractivity contribution in [2.75, 3.05) is 26.3 Å². The molecule has 10 atom stereocenters. The number of pyridine rings is 2. The highest BCUT2D eigenvalue weighted by molar-refractivity contribution is 6.35. The van der Waals surface area contributed by atoms with Crippen molar-refractivity contribution in [3.05, 3.63) is 93.0 Å². The van der Waals surface area contributed by atoms with Gasteiger partial charge in [-0.05, 0) is 134 Å². The number of hydrogen-bond donors (Lipinski definition) is 2. The number of carbonyl (C=O) groups excluding carboxylic acids is 7. The molecule has 2 N–H and O–H groups in total. The molecule has 4 heterocycles. The number of halogens is 8. The number of ketones is 2. The Morgan fingerprint density at radius 3 is 1.26 bits per heavy atom. The highest BCUT2D eigenvalue weighted by Crippen LogP contribution is 2.59. The van der Waals surface area contributed by atoms with Gasteiger partial charge >= 0.3 is 42.4 Å². The number of nitrogens with zero attached hydrogens (tertiary/aromatic N) is 5. The number of amides is 2. The fourth-order valence-electron chi connectivity index (χ4n) is 14.0. The molecular formula is C81H101Cl2F6N5O21. The van der Waals surface area contributed by atoms with E-state index in [1.807, 2.05) is 47.6 Å². The van der Waals surface area contributed by atoms with Crippen LogP contribution >= 0.6 is 23.2 Å². The largest absolute Gasteiger partial charge is 0.514 e. The molecule has 0 radical (unpaired) electrons. The molecule has 2 aliphatic carbocycles. The van der Waals surface area contributed by atoms with Crippen LogP contribution in [0.1, 0.15) is 182 Å². The highest BCUT2D eigenvalue weighted by Gasteiger charge is 2.63. The summed E-state index contributed by atoms with van der Waals surface area (Å²) in [4.78, 5) is 140. The maximum absolute atomic E-state index is 14.4. The van der Waals surface area contributed by atoms with Gasteiger partial charge in [-0.25, -0.2) is 14.8 Å². The van der Waals surface area contributed by atoms with Crippen molar-refractivity contribution in [1.29, 1.82) is 0 Å². The lowest BCUT2D eigenvalue weighted by atomic mass is 9.77. The second-order valence-electron chi connectivity index (χ2n) is 33.4. The number of esters is 2. The third kappa shape index (κ3) is 22.9. The van der Waals surface area contributed by atoms with Crippen LogP contribution in [0.3, 0.4) is 0 Å². The van der Waals surface area contributed by atoms with E-state index in [1.165, 1.54) is 9.80 Å². The number of ether oxygens (including phenoxy) is 8. The van der Waals surface area contributed by atoms with Crippen molar-refractivity contribution >= 4 is 104 Å². The zero-order valence-electron chi connectivity index (χ0n) is 67.4. The number of aliphatic carboxylic acids is 2. The van der Waals surface area contributed by atoms with Gasteiger partial charge in [-0.15, -0.1) is 0 Å². The van der Waals surface area contributed by atoms with E-state index in [-0.39, 0.29) is 86.0 Å². The summed E-state index contributed by atoms with van der Waals surface area (Å²) >= 11 is 12.9. The third-order valence-electron chi connectivity index (χ3n) is 20.9. The monoisotopic (exact) mass is 1660 g/mol. The molecule has 2 aromatic heterocycles. The maximum Gasteiger partial charge on any atom is 0.514 e. The van der Waals surface area contributed by atoms with Gasteiger partial charge in [0, 0.05) is 60.7 Å². The Labute approximate surface area is 672 Å². The number of carboxylic acid groups (broad SMARTS) is 2. The zero-order valence-corrected chi connectivity index (χ0v) is 68.9. The number of rotatable bonds is 28. The molecule has 2 aliphatic heterocycles. The molecule has 0 bridgehead atoms.